The number of thiophene rings is 1. The third kappa shape index (κ3) is 6.06. The van der Waals surface area contributed by atoms with Crippen LogP contribution in [0.4, 0.5) is 16.5 Å². The summed E-state index contributed by atoms with van der Waals surface area (Å²) in [6, 6.07) is 6.16. The first-order chi connectivity index (χ1) is 18.3. The molecule has 0 aromatic carbocycles. The Morgan fingerprint density at radius 1 is 1.37 bits per heavy atom. The van der Waals surface area contributed by atoms with Gasteiger partial charge in [0.15, 0.2) is 0 Å². The number of rotatable bonds is 9. The van der Waals surface area contributed by atoms with Gasteiger partial charge in [-0.3, -0.25) is 0 Å². The zero-order valence-electron chi connectivity index (χ0n) is 21.5. The van der Waals surface area contributed by atoms with Gasteiger partial charge in [-0.25, -0.2) is 0 Å². The molecule has 197 valence electrons. The Hall–Kier alpha value is -2.88. The number of nitriles is 1. The van der Waals surface area contributed by atoms with Crippen molar-refractivity contribution in [2.24, 2.45) is 0 Å². The number of hydrogen-bond donors (Lipinski definition) is 5. The Bertz CT molecular complexity index is 1300. The molecule has 3 heterocycles. The third-order valence-corrected chi connectivity index (χ3v) is 9.30. The van der Waals surface area contributed by atoms with E-state index in [-0.39, 0.29) is 11.8 Å². The van der Waals surface area contributed by atoms with E-state index in [2.05, 4.69) is 38.8 Å². The van der Waals surface area contributed by atoms with E-state index in [9.17, 15) is 14.9 Å². The first kappa shape index (κ1) is 28.1. The van der Waals surface area contributed by atoms with E-state index in [0.29, 0.717) is 59.7 Å². The molecule has 1 aliphatic carbocycles. The fourth-order valence-corrected chi connectivity index (χ4v) is 6.91. The molecule has 1 saturated heterocycles. The van der Waals surface area contributed by atoms with Crippen molar-refractivity contribution in [1.29, 1.82) is 5.26 Å². The van der Waals surface area contributed by atoms with Crippen molar-refractivity contribution in [2.45, 2.75) is 31.6 Å². The van der Waals surface area contributed by atoms with Gasteiger partial charge in [-0.15, -0.1) is 0 Å². The van der Waals surface area contributed by atoms with Gasteiger partial charge in [0.05, 0.1) is 0 Å². The number of fused-ring (bicyclic) bond motifs is 1. The van der Waals surface area contributed by atoms with Crippen molar-refractivity contribution < 1.29 is 9.59 Å². The standard InChI is InChI=1S/C26H32N8O2S.In/c1-3-22(35)31-8-7-30-17-13-18(33-21(14-17)34-11-9-29-10-12-34)16-32-25(36)26(2)6-4-5-20-23(26)19(15-27)24(28)37-20;/h3,13-14,29H,1,4-12,28H2,2H3,(H,30,33)(H,31,35)(H,32,36);. The molecule has 6 N–H and O–H groups in total. The van der Waals surface area contributed by atoms with Crippen LogP contribution in [0.3, 0.4) is 0 Å². The molecule has 0 bridgehead atoms. The molecular weight excluding hydrogens is 603 g/mol. The summed E-state index contributed by atoms with van der Waals surface area (Å²) >= 11 is 2.07. The number of aryl methyl sites for hydroxylation is 1. The Labute approximate surface area is 241 Å². The number of piperazine rings is 1. The van der Waals surface area contributed by atoms with Crippen LogP contribution in [-0.2, 0) is 21.4 Å². The van der Waals surface area contributed by atoms with Gasteiger partial charge < -0.3 is 0 Å². The average molecular weight is 635 g/mol. The van der Waals surface area contributed by atoms with Gasteiger partial charge in [0.2, 0.25) is 0 Å². The third-order valence-electron chi connectivity index (χ3n) is 6.97. The molecule has 1 aliphatic heterocycles. The first-order valence-corrected chi connectivity index (χ1v) is 15.1. The number of nitrogens with two attached hydrogens (primary N) is 1. The van der Waals surface area contributed by atoms with Gasteiger partial charge in [-0.05, 0) is 0 Å². The molecule has 2 aromatic rings. The van der Waals surface area contributed by atoms with Crippen LogP contribution < -0.4 is 31.9 Å². The van der Waals surface area contributed by atoms with E-state index in [1.165, 1.54) is 17.4 Å². The van der Waals surface area contributed by atoms with Gasteiger partial charge in [-0.1, -0.05) is 0 Å². The van der Waals surface area contributed by atoms with Crippen molar-refractivity contribution in [3.05, 3.63) is 46.5 Å². The second kappa shape index (κ2) is 12.3. The maximum atomic E-state index is 13.8. The summed E-state index contributed by atoms with van der Waals surface area (Å²) in [6.45, 7) is 9.79. The summed E-state index contributed by atoms with van der Waals surface area (Å²) in [4.78, 5) is 33.4. The monoisotopic (exact) mass is 635 g/mol. The van der Waals surface area contributed by atoms with Crippen LogP contribution >= 0.6 is 11.3 Å². The number of nitrogens with one attached hydrogen (secondary N) is 4. The number of carbonyl (C=O) groups excluding carboxylic acids is 2. The summed E-state index contributed by atoms with van der Waals surface area (Å²) in [7, 11) is 0. The normalized spacial score (nSPS) is 18.6. The first-order valence-electron chi connectivity index (χ1n) is 12.6. The Morgan fingerprint density at radius 3 is 2.84 bits per heavy atom. The van der Waals surface area contributed by atoms with E-state index in [1.807, 2.05) is 19.1 Å². The molecule has 1 fully saturated rings. The number of anilines is 3. The van der Waals surface area contributed by atoms with Crippen LogP contribution in [0.2, 0.25) is 0 Å². The minimum atomic E-state index is -0.832. The molecular formula is C26H32InN8O2S. The second-order valence-electron chi connectivity index (χ2n) is 9.56. The van der Waals surface area contributed by atoms with E-state index in [4.69, 9.17) is 10.7 Å². The summed E-state index contributed by atoms with van der Waals surface area (Å²) < 4.78 is 0.760. The zero-order valence-corrected chi connectivity index (χ0v) is 25.6. The number of pyridine rings is 1. The zero-order chi connectivity index (χ0) is 27.3. The van der Waals surface area contributed by atoms with Gasteiger partial charge in [0.1, 0.15) is 0 Å². The van der Waals surface area contributed by atoms with Crippen molar-refractivity contribution in [3.8, 4) is 6.07 Å². The number of nitrogen functional groups attached to an aromatic ring is 1. The summed E-state index contributed by atoms with van der Waals surface area (Å²) in [5.74, 6) is 0.491. The Kier molecular flexibility index (Phi) is 9.12. The topological polar surface area (TPSA) is 148 Å². The Morgan fingerprint density at radius 2 is 2.13 bits per heavy atom. The van der Waals surface area contributed by atoms with E-state index in [1.54, 1.807) is 0 Å². The molecule has 2 amide bonds. The molecule has 2 aromatic heterocycles. The fraction of sp³-hybridized carbons (Fsp3) is 0.423. The molecule has 0 spiro atoms. The van der Waals surface area contributed by atoms with Gasteiger partial charge >= 0.3 is 242 Å². The molecule has 38 heavy (non-hydrogen) atoms. The fourth-order valence-electron chi connectivity index (χ4n) is 4.92. The van der Waals surface area contributed by atoms with Crippen molar-refractivity contribution in [1.82, 2.24) is 20.9 Å². The quantitative estimate of drug-likeness (QED) is 0.201. The predicted octanol–water partition coefficient (Wildman–Crippen LogP) is 0.778. The van der Waals surface area contributed by atoms with Crippen LogP contribution in [0.5, 0.6) is 0 Å². The number of carbonyl (C=O) groups is 2. The van der Waals surface area contributed by atoms with Gasteiger partial charge in [0.25, 0.3) is 0 Å². The van der Waals surface area contributed by atoms with Crippen LogP contribution in [0.25, 0.3) is 0 Å². The SMILES string of the molecule is C=CC(=O)NCCNc1cc([C](=[In])NC(=O)C2(C)CCCc3sc(N)c(C#N)c32)nc(N2CCNCC2)c1. The summed E-state index contributed by atoms with van der Waals surface area (Å²) in [6.07, 6.45) is 3.60. The maximum absolute atomic E-state index is 13.8. The van der Waals surface area contributed by atoms with E-state index >= 15 is 0 Å². The Balaban J connectivity index is 1.56. The van der Waals surface area contributed by atoms with E-state index in [0.717, 1.165) is 64.3 Å². The number of hydrogen-bond acceptors (Lipinski definition) is 9. The summed E-state index contributed by atoms with van der Waals surface area (Å²) in [5.41, 5.74) is 8.09. The molecule has 1 unspecified atom stereocenters. The van der Waals surface area contributed by atoms with Crippen LogP contribution in [0, 0.1) is 11.3 Å². The molecule has 10 nitrogen and oxygen atoms in total. The molecule has 0 saturated carbocycles. The number of amides is 2. The van der Waals surface area contributed by atoms with Crippen molar-refractivity contribution in [2.75, 3.05) is 55.2 Å². The average Bonchev–Trinajstić information content (AvgIpc) is 3.27. The predicted molar refractivity (Wildman–Crippen MR) is 153 cm³/mol. The van der Waals surface area contributed by atoms with Crippen molar-refractivity contribution >= 4 is 66.9 Å². The molecule has 1 radical (unpaired) electrons. The van der Waals surface area contributed by atoms with Gasteiger partial charge in [-0.2, -0.15) is 0 Å². The van der Waals surface area contributed by atoms with Gasteiger partial charge in [0, 0.05) is 0 Å². The molecule has 1 atom stereocenters. The summed E-state index contributed by atoms with van der Waals surface area (Å²) in [5, 5.41) is 22.9. The van der Waals surface area contributed by atoms with Crippen LogP contribution in [-0.4, -0.2) is 83.3 Å². The second-order valence-corrected chi connectivity index (χ2v) is 12.3. The molecule has 12 heteroatoms. The minimum absolute atomic E-state index is 0.133. The van der Waals surface area contributed by atoms with Crippen LogP contribution in [0.1, 0.15) is 41.5 Å². The van der Waals surface area contributed by atoms with Crippen molar-refractivity contribution in [3.63, 3.8) is 0 Å². The number of nitrogens with zero attached hydrogens (tertiary/aromatic N) is 3. The molecule has 2 aliphatic rings. The molecule has 4 rings (SSSR count). The van der Waals surface area contributed by atoms with E-state index < -0.39 is 5.41 Å². The number of aromatic nitrogens is 1. The van der Waals surface area contributed by atoms with Crippen LogP contribution in [0.15, 0.2) is 24.8 Å².